The van der Waals surface area contributed by atoms with Crippen LogP contribution in [0.3, 0.4) is 0 Å². The fraction of sp³-hybridized carbons (Fsp3) is 0.450. The van der Waals surface area contributed by atoms with Crippen LogP contribution in [-0.2, 0) is 13.0 Å². The van der Waals surface area contributed by atoms with E-state index in [9.17, 15) is 4.79 Å². The summed E-state index contributed by atoms with van der Waals surface area (Å²) >= 11 is 0. The van der Waals surface area contributed by atoms with Crippen LogP contribution in [0.5, 0.6) is 5.75 Å². The highest BCUT2D eigenvalue weighted by atomic mass is 16.5. The summed E-state index contributed by atoms with van der Waals surface area (Å²) in [5.41, 5.74) is 5.42. The van der Waals surface area contributed by atoms with Gasteiger partial charge in [0.25, 0.3) is 5.91 Å². The third kappa shape index (κ3) is 3.64. The molecule has 0 aliphatic carbocycles. The quantitative estimate of drug-likeness (QED) is 0.838. The smallest absolute Gasteiger partial charge is 0.268 e. The fourth-order valence-corrected chi connectivity index (χ4v) is 3.23. The Bertz CT molecular complexity index is 717. The fourth-order valence-electron chi connectivity index (χ4n) is 3.23. The van der Waals surface area contributed by atoms with Crippen LogP contribution in [0.15, 0.2) is 24.3 Å². The standard InChI is InChI=1S/C20H28N2O2/c1-6-11-21-20(23)19-14(3)18(7-2)15(4)22(19)13-16-9-8-10-17(12-16)24-5/h8-10,12H,6-7,11,13H2,1-5H3,(H,21,23). The number of methoxy groups -OCH3 is 1. The van der Waals surface area contributed by atoms with Crippen molar-refractivity contribution in [2.75, 3.05) is 13.7 Å². The Hall–Kier alpha value is -2.23. The highest BCUT2D eigenvalue weighted by Gasteiger charge is 2.21. The Kier molecular flexibility index (Phi) is 6.07. The maximum atomic E-state index is 12.7. The number of carbonyl (C=O) groups excluding carboxylic acids is 1. The average Bonchev–Trinajstić information content (AvgIpc) is 2.82. The largest absolute Gasteiger partial charge is 0.497 e. The molecule has 1 aromatic heterocycles. The van der Waals surface area contributed by atoms with Crippen molar-refractivity contribution < 1.29 is 9.53 Å². The molecule has 0 spiro atoms. The summed E-state index contributed by atoms with van der Waals surface area (Å²) in [7, 11) is 1.67. The van der Waals surface area contributed by atoms with E-state index in [0.29, 0.717) is 13.1 Å². The zero-order valence-electron chi connectivity index (χ0n) is 15.4. The first kappa shape index (κ1) is 18.1. The summed E-state index contributed by atoms with van der Waals surface area (Å²) in [5.74, 6) is 0.849. The number of rotatable bonds is 7. The molecule has 1 aromatic carbocycles. The molecule has 0 fully saturated rings. The number of carbonyl (C=O) groups is 1. The number of benzene rings is 1. The van der Waals surface area contributed by atoms with E-state index in [0.717, 1.165) is 35.4 Å². The lowest BCUT2D eigenvalue weighted by Gasteiger charge is -2.13. The van der Waals surface area contributed by atoms with Crippen molar-refractivity contribution in [1.82, 2.24) is 9.88 Å². The maximum Gasteiger partial charge on any atom is 0.268 e. The molecule has 0 saturated carbocycles. The number of nitrogens with zero attached hydrogens (tertiary/aromatic N) is 1. The van der Waals surface area contributed by atoms with Crippen LogP contribution in [0, 0.1) is 13.8 Å². The van der Waals surface area contributed by atoms with Crippen LogP contribution in [0.1, 0.15) is 53.1 Å². The van der Waals surface area contributed by atoms with Crippen molar-refractivity contribution >= 4 is 5.91 Å². The van der Waals surface area contributed by atoms with Gasteiger partial charge in [-0.15, -0.1) is 0 Å². The van der Waals surface area contributed by atoms with Gasteiger partial charge in [-0.3, -0.25) is 4.79 Å². The minimum Gasteiger partial charge on any atom is -0.497 e. The van der Waals surface area contributed by atoms with E-state index >= 15 is 0 Å². The zero-order valence-corrected chi connectivity index (χ0v) is 15.4. The van der Waals surface area contributed by atoms with Crippen LogP contribution in [0.25, 0.3) is 0 Å². The molecule has 0 aliphatic heterocycles. The number of hydrogen-bond donors (Lipinski definition) is 1. The summed E-state index contributed by atoms with van der Waals surface area (Å²) < 4.78 is 7.45. The van der Waals surface area contributed by atoms with Gasteiger partial charge < -0.3 is 14.6 Å². The summed E-state index contributed by atoms with van der Waals surface area (Å²) in [6.45, 7) is 9.71. The van der Waals surface area contributed by atoms with E-state index in [1.165, 1.54) is 11.3 Å². The van der Waals surface area contributed by atoms with E-state index in [4.69, 9.17) is 4.74 Å². The van der Waals surface area contributed by atoms with Gasteiger partial charge in [-0.2, -0.15) is 0 Å². The minimum absolute atomic E-state index is 0.0139. The van der Waals surface area contributed by atoms with Gasteiger partial charge in [-0.25, -0.2) is 0 Å². The van der Waals surface area contributed by atoms with Crippen LogP contribution in [0.4, 0.5) is 0 Å². The normalized spacial score (nSPS) is 10.7. The molecule has 130 valence electrons. The first-order chi connectivity index (χ1) is 11.5. The Morgan fingerprint density at radius 2 is 2.00 bits per heavy atom. The van der Waals surface area contributed by atoms with Gasteiger partial charge in [-0.1, -0.05) is 26.0 Å². The summed E-state index contributed by atoms with van der Waals surface area (Å²) in [6, 6.07) is 8.01. The molecule has 1 N–H and O–H groups in total. The van der Waals surface area contributed by atoms with Crippen LogP contribution in [0.2, 0.25) is 0 Å². The van der Waals surface area contributed by atoms with Crippen molar-refractivity contribution in [3.63, 3.8) is 0 Å². The Labute approximate surface area is 144 Å². The van der Waals surface area contributed by atoms with Gasteiger partial charge in [0.05, 0.1) is 7.11 Å². The second-order valence-corrected chi connectivity index (χ2v) is 6.08. The third-order valence-electron chi connectivity index (χ3n) is 4.50. The molecule has 1 amide bonds. The maximum absolute atomic E-state index is 12.7. The number of aromatic nitrogens is 1. The summed E-state index contributed by atoms with van der Waals surface area (Å²) in [4.78, 5) is 12.7. The van der Waals surface area contributed by atoms with E-state index in [1.807, 2.05) is 18.2 Å². The van der Waals surface area contributed by atoms with Crippen molar-refractivity contribution in [2.45, 2.75) is 47.1 Å². The van der Waals surface area contributed by atoms with Crippen molar-refractivity contribution in [3.05, 3.63) is 52.3 Å². The predicted molar refractivity (Wildman–Crippen MR) is 98.0 cm³/mol. The number of hydrogen-bond acceptors (Lipinski definition) is 2. The SMILES string of the molecule is CCCNC(=O)c1c(C)c(CC)c(C)n1Cc1cccc(OC)c1. The van der Waals surface area contributed by atoms with Crippen LogP contribution >= 0.6 is 0 Å². The molecule has 0 atom stereocenters. The molecule has 4 nitrogen and oxygen atoms in total. The lowest BCUT2D eigenvalue weighted by atomic mass is 10.1. The van der Waals surface area contributed by atoms with Gasteiger partial charge in [-0.05, 0) is 55.5 Å². The van der Waals surface area contributed by atoms with Crippen LogP contribution < -0.4 is 10.1 Å². The molecule has 0 unspecified atom stereocenters. The molecule has 0 aliphatic rings. The van der Waals surface area contributed by atoms with E-state index < -0.39 is 0 Å². The van der Waals surface area contributed by atoms with Gasteiger partial charge in [0, 0.05) is 18.8 Å². The summed E-state index contributed by atoms with van der Waals surface area (Å²) in [5, 5.41) is 3.02. The Morgan fingerprint density at radius 1 is 1.25 bits per heavy atom. The van der Waals surface area contributed by atoms with Gasteiger partial charge in [0.1, 0.15) is 11.4 Å². The van der Waals surface area contributed by atoms with Gasteiger partial charge in [0.15, 0.2) is 0 Å². The van der Waals surface area contributed by atoms with Crippen molar-refractivity contribution in [3.8, 4) is 5.75 Å². The number of amides is 1. The average molecular weight is 328 g/mol. The third-order valence-corrected chi connectivity index (χ3v) is 4.50. The minimum atomic E-state index is 0.0139. The van der Waals surface area contributed by atoms with Crippen molar-refractivity contribution in [2.24, 2.45) is 0 Å². The molecular weight excluding hydrogens is 300 g/mol. The summed E-state index contributed by atoms with van der Waals surface area (Å²) in [6.07, 6.45) is 1.86. The van der Waals surface area contributed by atoms with Gasteiger partial charge in [0.2, 0.25) is 0 Å². The van der Waals surface area contributed by atoms with Crippen molar-refractivity contribution in [1.29, 1.82) is 0 Å². The zero-order chi connectivity index (χ0) is 17.7. The van der Waals surface area contributed by atoms with E-state index in [-0.39, 0.29) is 5.91 Å². The molecule has 1 heterocycles. The first-order valence-electron chi connectivity index (χ1n) is 8.63. The Balaban J connectivity index is 2.45. The highest BCUT2D eigenvalue weighted by Crippen LogP contribution is 2.25. The lowest BCUT2D eigenvalue weighted by Crippen LogP contribution is -2.27. The van der Waals surface area contributed by atoms with Gasteiger partial charge >= 0.3 is 0 Å². The molecule has 2 aromatic rings. The molecule has 2 rings (SSSR count). The van der Waals surface area contributed by atoms with Crippen LogP contribution in [-0.4, -0.2) is 24.1 Å². The molecule has 4 heteroatoms. The number of nitrogens with one attached hydrogen (secondary N) is 1. The number of ether oxygens (including phenoxy) is 1. The second-order valence-electron chi connectivity index (χ2n) is 6.08. The van der Waals surface area contributed by atoms with E-state index in [1.54, 1.807) is 7.11 Å². The molecule has 0 bridgehead atoms. The monoisotopic (exact) mass is 328 g/mol. The molecule has 24 heavy (non-hydrogen) atoms. The van der Waals surface area contributed by atoms with E-state index in [2.05, 4.69) is 43.6 Å². The Morgan fingerprint density at radius 3 is 2.62 bits per heavy atom. The molecule has 0 saturated heterocycles. The first-order valence-corrected chi connectivity index (χ1v) is 8.63. The lowest BCUT2D eigenvalue weighted by molar-refractivity contribution is 0.0944. The second kappa shape index (κ2) is 8.04. The molecule has 0 radical (unpaired) electrons. The predicted octanol–water partition coefficient (Wildman–Crippen LogP) is 3.86. The topological polar surface area (TPSA) is 43.3 Å². The highest BCUT2D eigenvalue weighted by molar-refractivity contribution is 5.95. The molecular formula is C20H28N2O2.